The Balaban J connectivity index is 3.25. The minimum absolute atomic E-state index is 0.621. The fraction of sp³-hybridized carbons (Fsp3) is 0.929. The summed E-state index contributed by atoms with van der Waals surface area (Å²) in [5, 5.41) is 3.18. The summed E-state index contributed by atoms with van der Waals surface area (Å²) in [7, 11) is 0. The summed E-state index contributed by atoms with van der Waals surface area (Å²) < 4.78 is 0. The molecule has 0 radical (unpaired) electrons. The summed E-state index contributed by atoms with van der Waals surface area (Å²) in [5.74, 6) is 1.90. The van der Waals surface area contributed by atoms with Crippen LogP contribution in [0.15, 0.2) is 4.99 Å². The van der Waals surface area contributed by atoms with E-state index in [1.54, 1.807) is 0 Å². The van der Waals surface area contributed by atoms with E-state index in [2.05, 4.69) is 23.5 Å². The Hall–Kier alpha value is -0.380. The van der Waals surface area contributed by atoms with Crippen LogP contribution in [0.2, 0.25) is 0 Å². The quantitative estimate of drug-likeness (QED) is 0.325. The first kappa shape index (κ1) is 17.6. The molecule has 0 aromatic carbocycles. The second kappa shape index (κ2) is 14.7. The molecule has 3 nitrogen and oxygen atoms in total. The van der Waals surface area contributed by atoms with Crippen LogP contribution in [-0.2, 0) is 0 Å². The van der Waals surface area contributed by atoms with Crippen LogP contribution in [0.5, 0.6) is 0 Å². The van der Waals surface area contributed by atoms with Crippen molar-refractivity contribution in [3.05, 3.63) is 0 Å². The van der Waals surface area contributed by atoms with Crippen LogP contribution in [0.4, 0.5) is 0 Å². The molecular weight excluding hydrogens is 242 g/mol. The van der Waals surface area contributed by atoms with Gasteiger partial charge in [0.15, 0.2) is 5.96 Å². The molecule has 0 atom stereocenters. The molecule has 0 aromatic heterocycles. The third-order valence-electron chi connectivity index (χ3n) is 2.88. The second-order valence-corrected chi connectivity index (χ2v) is 5.65. The summed E-state index contributed by atoms with van der Waals surface area (Å²) in [6.45, 7) is 4.05. The van der Waals surface area contributed by atoms with E-state index in [0.29, 0.717) is 5.96 Å². The molecular formula is C14H31N3S. The Morgan fingerprint density at radius 1 is 1.06 bits per heavy atom. The van der Waals surface area contributed by atoms with Crippen molar-refractivity contribution in [3.63, 3.8) is 0 Å². The lowest BCUT2D eigenvalue weighted by molar-refractivity contribution is 0.649. The van der Waals surface area contributed by atoms with Crippen molar-refractivity contribution < 1.29 is 0 Å². The molecule has 0 heterocycles. The van der Waals surface area contributed by atoms with Crippen molar-refractivity contribution in [2.24, 2.45) is 10.7 Å². The molecule has 0 aromatic rings. The molecule has 108 valence electrons. The van der Waals surface area contributed by atoms with E-state index >= 15 is 0 Å². The highest BCUT2D eigenvalue weighted by atomic mass is 32.2. The van der Waals surface area contributed by atoms with Crippen LogP contribution in [0, 0.1) is 0 Å². The molecule has 0 rings (SSSR count). The van der Waals surface area contributed by atoms with Crippen LogP contribution in [0.25, 0.3) is 0 Å². The van der Waals surface area contributed by atoms with Crippen molar-refractivity contribution in [1.82, 2.24) is 5.32 Å². The average molecular weight is 273 g/mol. The molecule has 0 aliphatic carbocycles. The zero-order valence-electron chi connectivity index (χ0n) is 12.2. The van der Waals surface area contributed by atoms with Gasteiger partial charge < -0.3 is 11.1 Å². The third kappa shape index (κ3) is 13.7. The van der Waals surface area contributed by atoms with E-state index in [0.717, 1.165) is 19.5 Å². The lowest BCUT2D eigenvalue weighted by atomic mass is 10.2. The SMILES string of the molecule is CCCCCCNC(N)=NCCCCCCSC. The Labute approximate surface area is 117 Å². The smallest absolute Gasteiger partial charge is 0.188 e. The number of nitrogens with one attached hydrogen (secondary N) is 1. The van der Waals surface area contributed by atoms with Gasteiger partial charge >= 0.3 is 0 Å². The average Bonchev–Trinajstić information content (AvgIpc) is 2.37. The molecule has 0 aliphatic rings. The van der Waals surface area contributed by atoms with Crippen molar-refractivity contribution in [1.29, 1.82) is 0 Å². The molecule has 18 heavy (non-hydrogen) atoms. The van der Waals surface area contributed by atoms with Gasteiger partial charge in [-0.1, -0.05) is 39.0 Å². The largest absolute Gasteiger partial charge is 0.370 e. The Bertz CT molecular complexity index is 195. The molecule has 0 bridgehead atoms. The normalized spacial score (nSPS) is 11.8. The standard InChI is InChI=1S/C14H31N3S/c1-3-4-5-8-11-16-14(15)17-12-9-6-7-10-13-18-2/h3-13H2,1-2H3,(H3,15,16,17). The maximum Gasteiger partial charge on any atom is 0.188 e. The molecule has 3 N–H and O–H groups in total. The fourth-order valence-electron chi connectivity index (χ4n) is 1.74. The van der Waals surface area contributed by atoms with Crippen LogP contribution in [-0.4, -0.2) is 31.1 Å². The van der Waals surface area contributed by atoms with Crippen molar-refractivity contribution >= 4 is 17.7 Å². The lowest BCUT2D eigenvalue weighted by Gasteiger charge is -2.05. The molecule has 0 saturated heterocycles. The van der Waals surface area contributed by atoms with Gasteiger partial charge in [-0.3, -0.25) is 4.99 Å². The van der Waals surface area contributed by atoms with Gasteiger partial charge in [0.25, 0.3) is 0 Å². The number of thioether (sulfide) groups is 1. The van der Waals surface area contributed by atoms with E-state index in [4.69, 9.17) is 5.73 Å². The number of hydrogen-bond donors (Lipinski definition) is 2. The number of nitrogens with two attached hydrogens (primary N) is 1. The van der Waals surface area contributed by atoms with Gasteiger partial charge in [-0.2, -0.15) is 11.8 Å². The molecule has 0 amide bonds. The van der Waals surface area contributed by atoms with Gasteiger partial charge in [0.05, 0.1) is 0 Å². The summed E-state index contributed by atoms with van der Waals surface area (Å²) in [6, 6.07) is 0. The number of guanidine groups is 1. The van der Waals surface area contributed by atoms with Gasteiger partial charge in [-0.25, -0.2) is 0 Å². The number of nitrogens with zero attached hydrogens (tertiary/aromatic N) is 1. The van der Waals surface area contributed by atoms with Crippen molar-refractivity contribution in [2.45, 2.75) is 58.3 Å². The summed E-state index contributed by atoms with van der Waals surface area (Å²) in [6.07, 6.45) is 12.3. The summed E-state index contributed by atoms with van der Waals surface area (Å²) >= 11 is 1.93. The molecule has 0 fully saturated rings. The minimum atomic E-state index is 0.621. The van der Waals surface area contributed by atoms with Gasteiger partial charge in [-0.15, -0.1) is 0 Å². The highest BCUT2D eigenvalue weighted by Crippen LogP contribution is 2.04. The van der Waals surface area contributed by atoms with Gasteiger partial charge in [0.1, 0.15) is 0 Å². The van der Waals surface area contributed by atoms with E-state index in [1.165, 1.54) is 50.7 Å². The Kier molecular flexibility index (Phi) is 14.4. The van der Waals surface area contributed by atoms with Crippen molar-refractivity contribution in [3.8, 4) is 0 Å². The van der Waals surface area contributed by atoms with Gasteiger partial charge in [0.2, 0.25) is 0 Å². The molecule has 0 unspecified atom stereocenters. The van der Waals surface area contributed by atoms with Gasteiger partial charge in [-0.05, 0) is 31.3 Å². The first-order valence-electron chi connectivity index (χ1n) is 7.34. The molecule has 4 heteroatoms. The Morgan fingerprint density at radius 3 is 2.50 bits per heavy atom. The fourth-order valence-corrected chi connectivity index (χ4v) is 2.23. The molecule has 0 aliphatic heterocycles. The second-order valence-electron chi connectivity index (χ2n) is 4.66. The first-order chi connectivity index (χ1) is 8.81. The predicted molar refractivity (Wildman–Crippen MR) is 85.5 cm³/mol. The van der Waals surface area contributed by atoms with Crippen LogP contribution >= 0.6 is 11.8 Å². The highest BCUT2D eigenvalue weighted by molar-refractivity contribution is 7.98. The van der Waals surface area contributed by atoms with Gasteiger partial charge in [0, 0.05) is 13.1 Å². The van der Waals surface area contributed by atoms with E-state index < -0.39 is 0 Å². The van der Waals surface area contributed by atoms with E-state index in [9.17, 15) is 0 Å². The number of unbranched alkanes of at least 4 members (excludes halogenated alkanes) is 6. The molecule has 0 spiro atoms. The first-order valence-corrected chi connectivity index (χ1v) is 8.73. The van der Waals surface area contributed by atoms with E-state index in [1.807, 2.05) is 11.8 Å². The topological polar surface area (TPSA) is 50.4 Å². The maximum atomic E-state index is 5.79. The molecule has 0 saturated carbocycles. The maximum absolute atomic E-state index is 5.79. The predicted octanol–water partition coefficient (Wildman–Crippen LogP) is 3.39. The number of aliphatic imine (C=N–C) groups is 1. The van der Waals surface area contributed by atoms with Crippen LogP contribution in [0.3, 0.4) is 0 Å². The lowest BCUT2D eigenvalue weighted by Crippen LogP contribution is -2.32. The van der Waals surface area contributed by atoms with Crippen LogP contribution in [0.1, 0.15) is 58.3 Å². The van der Waals surface area contributed by atoms with Crippen molar-refractivity contribution in [2.75, 3.05) is 25.1 Å². The monoisotopic (exact) mass is 273 g/mol. The number of rotatable bonds is 12. The zero-order chi connectivity index (χ0) is 13.5. The van der Waals surface area contributed by atoms with Crippen LogP contribution < -0.4 is 11.1 Å². The summed E-state index contributed by atoms with van der Waals surface area (Å²) in [4.78, 5) is 4.34. The Morgan fingerprint density at radius 2 is 1.78 bits per heavy atom. The summed E-state index contributed by atoms with van der Waals surface area (Å²) in [5.41, 5.74) is 5.79. The zero-order valence-corrected chi connectivity index (χ0v) is 13.0. The minimum Gasteiger partial charge on any atom is -0.370 e. The number of hydrogen-bond acceptors (Lipinski definition) is 2. The van der Waals surface area contributed by atoms with E-state index in [-0.39, 0.29) is 0 Å². The highest BCUT2D eigenvalue weighted by Gasteiger charge is 1.92. The third-order valence-corrected chi connectivity index (χ3v) is 3.57.